The van der Waals surface area contributed by atoms with Crippen molar-refractivity contribution in [2.24, 2.45) is 5.84 Å². The predicted molar refractivity (Wildman–Crippen MR) is 75.1 cm³/mol. The van der Waals surface area contributed by atoms with Crippen LogP contribution in [0.2, 0.25) is 0 Å². The van der Waals surface area contributed by atoms with Crippen LogP contribution in [-0.2, 0) is 6.42 Å². The molecule has 0 amide bonds. The summed E-state index contributed by atoms with van der Waals surface area (Å²) in [4.78, 5) is 8.42. The third-order valence-electron chi connectivity index (χ3n) is 2.77. The number of nitrogens with two attached hydrogens (primary N) is 1. The van der Waals surface area contributed by atoms with E-state index in [-0.39, 0.29) is 0 Å². The van der Waals surface area contributed by atoms with Crippen LogP contribution in [0.3, 0.4) is 0 Å². The largest absolute Gasteiger partial charge is 0.439 e. The molecule has 0 saturated heterocycles. The maximum Gasteiger partial charge on any atom is 0.227 e. The Morgan fingerprint density at radius 2 is 1.95 bits per heavy atom. The zero-order valence-corrected chi connectivity index (χ0v) is 11.3. The Hall–Kier alpha value is -2.65. The number of anilines is 1. The van der Waals surface area contributed by atoms with E-state index in [2.05, 4.69) is 21.5 Å². The van der Waals surface area contributed by atoms with Crippen molar-refractivity contribution in [1.82, 2.24) is 9.97 Å². The zero-order valence-electron chi connectivity index (χ0n) is 11.3. The first-order valence-electron chi connectivity index (χ1n) is 6.09. The van der Waals surface area contributed by atoms with Crippen LogP contribution >= 0.6 is 0 Å². The van der Waals surface area contributed by atoms with Gasteiger partial charge in [-0.05, 0) is 31.5 Å². The van der Waals surface area contributed by atoms with Gasteiger partial charge in [-0.2, -0.15) is 10.2 Å². The van der Waals surface area contributed by atoms with Crippen molar-refractivity contribution in [3.05, 3.63) is 41.2 Å². The Balaban J connectivity index is 2.26. The lowest BCUT2D eigenvalue weighted by Crippen LogP contribution is -2.12. The monoisotopic (exact) mass is 269 g/mol. The van der Waals surface area contributed by atoms with Crippen molar-refractivity contribution in [1.29, 1.82) is 5.26 Å². The quantitative estimate of drug-likeness (QED) is 0.652. The van der Waals surface area contributed by atoms with E-state index in [1.54, 1.807) is 19.1 Å². The standard InChI is InChI=1S/C14H15N5O/c1-9-13(19-16)17-10(2)18-14(9)20-12-5-3-11(4-6-12)7-8-15/h3-6H,7,16H2,1-2H3,(H,17,18,19). The Morgan fingerprint density at radius 1 is 1.25 bits per heavy atom. The highest BCUT2D eigenvalue weighted by molar-refractivity contribution is 5.48. The first-order valence-corrected chi connectivity index (χ1v) is 6.09. The number of nitriles is 1. The Labute approximate surface area is 117 Å². The summed E-state index contributed by atoms with van der Waals surface area (Å²) in [5.74, 6) is 7.62. The van der Waals surface area contributed by atoms with Crippen LogP contribution in [0.25, 0.3) is 0 Å². The molecule has 0 unspecified atom stereocenters. The molecular formula is C14H15N5O. The first-order chi connectivity index (χ1) is 9.63. The van der Waals surface area contributed by atoms with Gasteiger partial charge in [0.1, 0.15) is 17.4 Å². The molecule has 20 heavy (non-hydrogen) atoms. The van der Waals surface area contributed by atoms with Crippen molar-refractivity contribution < 1.29 is 4.74 Å². The molecular weight excluding hydrogens is 254 g/mol. The summed E-state index contributed by atoms with van der Waals surface area (Å²) in [5, 5.41) is 8.63. The van der Waals surface area contributed by atoms with E-state index in [0.717, 1.165) is 11.1 Å². The second-order valence-corrected chi connectivity index (χ2v) is 4.27. The van der Waals surface area contributed by atoms with E-state index in [1.807, 2.05) is 19.1 Å². The summed E-state index contributed by atoms with van der Waals surface area (Å²) in [6, 6.07) is 9.41. The molecule has 0 aliphatic heterocycles. The molecule has 0 atom stereocenters. The van der Waals surface area contributed by atoms with Gasteiger partial charge < -0.3 is 10.2 Å². The first kappa shape index (κ1) is 13.8. The molecule has 102 valence electrons. The van der Waals surface area contributed by atoms with Gasteiger partial charge in [0.05, 0.1) is 18.1 Å². The fourth-order valence-corrected chi connectivity index (χ4v) is 1.72. The third kappa shape index (κ3) is 3.02. The minimum Gasteiger partial charge on any atom is -0.439 e. The molecule has 6 heteroatoms. The van der Waals surface area contributed by atoms with E-state index in [9.17, 15) is 0 Å². The summed E-state index contributed by atoms with van der Waals surface area (Å²) in [7, 11) is 0. The van der Waals surface area contributed by atoms with Crippen molar-refractivity contribution in [3.63, 3.8) is 0 Å². The van der Waals surface area contributed by atoms with E-state index >= 15 is 0 Å². The fourth-order valence-electron chi connectivity index (χ4n) is 1.72. The van der Waals surface area contributed by atoms with Crippen LogP contribution in [-0.4, -0.2) is 9.97 Å². The predicted octanol–water partition coefficient (Wildman–Crippen LogP) is 2.24. The number of aromatic nitrogens is 2. The minimum absolute atomic E-state index is 0.382. The van der Waals surface area contributed by atoms with Crippen LogP contribution in [0.5, 0.6) is 11.6 Å². The number of nitrogens with one attached hydrogen (secondary N) is 1. The minimum atomic E-state index is 0.382. The lowest BCUT2D eigenvalue weighted by atomic mass is 10.2. The smallest absolute Gasteiger partial charge is 0.227 e. The van der Waals surface area contributed by atoms with Gasteiger partial charge in [-0.25, -0.2) is 10.8 Å². The normalized spacial score (nSPS) is 9.90. The SMILES string of the molecule is Cc1nc(NN)c(C)c(Oc2ccc(CC#N)cc2)n1. The Bertz CT molecular complexity index is 646. The molecule has 1 aromatic carbocycles. The van der Waals surface area contributed by atoms with E-state index < -0.39 is 0 Å². The molecule has 1 aromatic heterocycles. The van der Waals surface area contributed by atoms with Gasteiger partial charge in [0.2, 0.25) is 5.88 Å². The number of hydrazine groups is 1. The average molecular weight is 269 g/mol. The summed E-state index contributed by atoms with van der Waals surface area (Å²) >= 11 is 0. The fraction of sp³-hybridized carbons (Fsp3) is 0.214. The lowest BCUT2D eigenvalue weighted by molar-refractivity contribution is 0.456. The number of nitrogen functional groups attached to an aromatic ring is 1. The summed E-state index contributed by atoms with van der Waals surface area (Å²) in [6.07, 6.45) is 0.382. The highest BCUT2D eigenvalue weighted by Gasteiger charge is 2.10. The molecule has 0 aliphatic carbocycles. The highest BCUT2D eigenvalue weighted by atomic mass is 16.5. The van der Waals surface area contributed by atoms with Crippen LogP contribution in [0.1, 0.15) is 17.0 Å². The van der Waals surface area contributed by atoms with E-state index in [4.69, 9.17) is 15.8 Å². The third-order valence-corrected chi connectivity index (χ3v) is 2.77. The number of nitrogens with zero attached hydrogens (tertiary/aromatic N) is 3. The van der Waals surface area contributed by atoms with Gasteiger partial charge in [0.25, 0.3) is 0 Å². The van der Waals surface area contributed by atoms with Gasteiger partial charge in [0.15, 0.2) is 0 Å². The van der Waals surface area contributed by atoms with Gasteiger partial charge in [-0.1, -0.05) is 12.1 Å². The van der Waals surface area contributed by atoms with Crippen molar-refractivity contribution >= 4 is 5.82 Å². The molecule has 0 spiro atoms. The maximum atomic E-state index is 8.63. The average Bonchev–Trinajstić information content (AvgIpc) is 2.45. The van der Waals surface area contributed by atoms with Crippen LogP contribution in [0, 0.1) is 25.2 Å². The van der Waals surface area contributed by atoms with Crippen LogP contribution in [0.4, 0.5) is 5.82 Å². The Morgan fingerprint density at radius 3 is 2.55 bits per heavy atom. The molecule has 3 N–H and O–H groups in total. The summed E-state index contributed by atoms with van der Waals surface area (Å²) in [5.41, 5.74) is 4.20. The van der Waals surface area contributed by atoms with Crippen LogP contribution < -0.4 is 16.0 Å². The zero-order chi connectivity index (χ0) is 14.5. The van der Waals surface area contributed by atoms with Gasteiger partial charge in [-0.15, -0.1) is 0 Å². The number of benzene rings is 1. The molecule has 6 nitrogen and oxygen atoms in total. The molecule has 1 heterocycles. The lowest BCUT2D eigenvalue weighted by Gasteiger charge is -2.11. The van der Waals surface area contributed by atoms with Gasteiger partial charge in [0, 0.05) is 0 Å². The molecule has 2 aromatic rings. The summed E-state index contributed by atoms with van der Waals surface area (Å²) in [6.45, 7) is 3.59. The number of aryl methyl sites for hydroxylation is 1. The molecule has 0 bridgehead atoms. The topological polar surface area (TPSA) is 96.9 Å². The molecule has 0 aliphatic rings. The van der Waals surface area contributed by atoms with Crippen LogP contribution in [0.15, 0.2) is 24.3 Å². The van der Waals surface area contributed by atoms with Crippen molar-refractivity contribution in [2.75, 3.05) is 5.43 Å². The van der Waals surface area contributed by atoms with E-state index in [0.29, 0.717) is 29.7 Å². The molecule has 0 radical (unpaired) electrons. The van der Waals surface area contributed by atoms with Crippen molar-refractivity contribution in [3.8, 4) is 17.7 Å². The Kier molecular flexibility index (Phi) is 4.13. The second kappa shape index (κ2) is 5.99. The highest BCUT2D eigenvalue weighted by Crippen LogP contribution is 2.26. The molecule has 0 saturated carbocycles. The van der Waals surface area contributed by atoms with Gasteiger partial charge >= 0.3 is 0 Å². The van der Waals surface area contributed by atoms with Gasteiger partial charge in [-0.3, -0.25) is 0 Å². The summed E-state index contributed by atoms with van der Waals surface area (Å²) < 4.78 is 5.74. The maximum absolute atomic E-state index is 8.63. The number of hydrogen-bond donors (Lipinski definition) is 2. The van der Waals surface area contributed by atoms with E-state index in [1.165, 1.54) is 0 Å². The molecule has 2 rings (SSSR count). The number of rotatable bonds is 4. The second-order valence-electron chi connectivity index (χ2n) is 4.27. The van der Waals surface area contributed by atoms with Crippen molar-refractivity contribution in [2.45, 2.75) is 20.3 Å². The molecule has 0 fully saturated rings. The number of hydrogen-bond acceptors (Lipinski definition) is 6. The number of ether oxygens (including phenoxy) is 1.